The number of hydrogen-bond donors (Lipinski definition) is 3. The van der Waals surface area contributed by atoms with Crippen LogP contribution in [0.2, 0.25) is 0 Å². The summed E-state index contributed by atoms with van der Waals surface area (Å²) in [5.41, 5.74) is 2.93. The first-order valence-electron chi connectivity index (χ1n) is 14.1. The Labute approximate surface area is 258 Å². The van der Waals surface area contributed by atoms with E-state index in [1.54, 1.807) is 37.4 Å². The molecular weight excluding hydrogens is 584 g/mol. The lowest BCUT2D eigenvalue weighted by Gasteiger charge is -2.19. The highest BCUT2D eigenvalue weighted by Gasteiger charge is 2.24. The van der Waals surface area contributed by atoms with Crippen molar-refractivity contribution in [1.82, 2.24) is 25.5 Å². The number of nitrogens with one attached hydrogen (secondary N) is 1. The normalized spacial score (nSPS) is 13.2. The van der Waals surface area contributed by atoms with Gasteiger partial charge in [0.15, 0.2) is 5.82 Å². The van der Waals surface area contributed by atoms with Crippen LogP contribution in [-0.4, -0.2) is 67.7 Å². The van der Waals surface area contributed by atoms with E-state index >= 15 is 0 Å². The third kappa shape index (κ3) is 9.21. The Morgan fingerprint density at radius 1 is 0.956 bits per heavy atom. The second kappa shape index (κ2) is 15.6. The van der Waals surface area contributed by atoms with Gasteiger partial charge in [-0.05, 0) is 57.0 Å². The maximum atomic E-state index is 13.8. The number of aryl methyl sites for hydroxylation is 1. The van der Waals surface area contributed by atoms with Crippen LogP contribution in [0.25, 0.3) is 11.1 Å². The Hall–Kier alpha value is -5.07. The van der Waals surface area contributed by atoms with Gasteiger partial charge in [-0.2, -0.15) is 0 Å². The van der Waals surface area contributed by atoms with Crippen molar-refractivity contribution in [3.05, 3.63) is 125 Å². The molecule has 0 radical (unpaired) electrons. The minimum absolute atomic E-state index is 0.206. The van der Waals surface area contributed by atoms with E-state index in [9.17, 15) is 28.6 Å². The van der Waals surface area contributed by atoms with E-state index in [2.05, 4.69) is 20.8 Å². The third-order valence-corrected chi connectivity index (χ3v) is 6.92. The van der Waals surface area contributed by atoms with E-state index in [0.29, 0.717) is 28.1 Å². The molecule has 1 aromatic heterocycles. The fraction of sp³-hybridized carbons (Fsp3) is 0.242. The molecule has 10 nitrogen and oxygen atoms in total. The summed E-state index contributed by atoms with van der Waals surface area (Å²) in [4.78, 5) is 25.0. The molecule has 4 aromatic rings. The summed E-state index contributed by atoms with van der Waals surface area (Å²) >= 11 is 0. The molecular formula is C33H33F2N5O5. The molecule has 3 aromatic carbocycles. The van der Waals surface area contributed by atoms with Gasteiger partial charge in [-0.3, -0.25) is 4.79 Å². The zero-order valence-electron chi connectivity index (χ0n) is 24.7. The Kier molecular flexibility index (Phi) is 11.4. The van der Waals surface area contributed by atoms with Crippen LogP contribution in [0.15, 0.2) is 91.0 Å². The highest BCUT2D eigenvalue weighted by Crippen LogP contribution is 2.33. The van der Waals surface area contributed by atoms with Crippen molar-refractivity contribution in [2.75, 3.05) is 7.11 Å². The van der Waals surface area contributed by atoms with Crippen LogP contribution < -0.4 is 5.32 Å². The fourth-order valence-electron chi connectivity index (χ4n) is 4.74. The summed E-state index contributed by atoms with van der Waals surface area (Å²) in [5.74, 6) is -1.80. The van der Waals surface area contributed by atoms with E-state index in [0.717, 1.165) is 5.56 Å². The van der Waals surface area contributed by atoms with E-state index in [-0.39, 0.29) is 19.3 Å². The highest BCUT2D eigenvalue weighted by atomic mass is 19.1. The van der Waals surface area contributed by atoms with Crippen molar-refractivity contribution in [3.8, 4) is 0 Å². The van der Waals surface area contributed by atoms with Crippen molar-refractivity contribution < 1.29 is 33.3 Å². The Morgan fingerprint density at radius 3 is 2.09 bits per heavy atom. The first-order valence-corrected chi connectivity index (χ1v) is 14.1. The number of hydrogen-bond acceptors (Lipinski definition) is 8. The van der Waals surface area contributed by atoms with Crippen LogP contribution >= 0.6 is 0 Å². The zero-order valence-corrected chi connectivity index (χ0v) is 24.7. The average Bonchev–Trinajstić information content (AvgIpc) is 3.45. The number of aromatic nitrogens is 4. The number of ether oxygens (including phenoxy) is 1. The van der Waals surface area contributed by atoms with Crippen LogP contribution in [0.5, 0.6) is 0 Å². The molecule has 234 valence electrons. The van der Waals surface area contributed by atoms with E-state index in [1.165, 1.54) is 42.1 Å². The molecule has 1 amide bonds. The number of tetrazole rings is 1. The summed E-state index contributed by atoms with van der Waals surface area (Å²) in [6.45, 7) is 0. The van der Waals surface area contributed by atoms with Gasteiger partial charge in [-0.15, -0.1) is 5.10 Å². The Balaban J connectivity index is 1.54. The predicted molar refractivity (Wildman–Crippen MR) is 162 cm³/mol. The number of allylic oxidation sites excluding steroid dienone is 2. The standard InChI is InChI=1S/C33H33F2N5O5/c1-40-32(37-38-39-40)28(31(22-8-12-24(34)13-9-22)23-10-14-25(35)15-11-23)17-16-26(41)19-27(42)20-30(43)36-29(33(44)45-2)18-21-6-4-3-5-7-21/h3-17,26-27,29,41-42H,18-20H2,1-2H3,(H,36,43)/t26-,27-,29+/m1/s1. The smallest absolute Gasteiger partial charge is 0.328 e. The molecule has 4 rings (SSSR count). The molecule has 3 atom stereocenters. The minimum atomic E-state index is -1.25. The molecule has 0 spiro atoms. The molecule has 0 bridgehead atoms. The monoisotopic (exact) mass is 617 g/mol. The fourth-order valence-corrected chi connectivity index (χ4v) is 4.74. The third-order valence-electron chi connectivity index (χ3n) is 6.92. The van der Waals surface area contributed by atoms with Gasteiger partial charge in [0.2, 0.25) is 5.91 Å². The number of aliphatic hydroxyl groups is 2. The predicted octanol–water partition coefficient (Wildman–Crippen LogP) is 3.41. The number of carbonyl (C=O) groups is 2. The number of nitrogens with zero attached hydrogens (tertiary/aromatic N) is 4. The van der Waals surface area contributed by atoms with Crippen LogP contribution in [0.1, 0.15) is 35.4 Å². The SMILES string of the molecule is COC(=O)[C@H](Cc1ccccc1)NC(=O)C[C@H](O)C[C@H](O)C=CC(=C(c1ccc(F)cc1)c1ccc(F)cc1)c1nnnn1C. The summed E-state index contributed by atoms with van der Waals surface area (Å²) < 4.78 is 33.9. The van der Waals surface area contributed by atoms with Gasteiger partial charge < -0.3 is 20.3 Å². The lowest BCUT2D eigenvalue weighted by Crippen LogP contribution is -2.44. The average molecular weight is 618 g/mol. The number of halogens is 2. The van der Waals surface area contributed by atoms with Gasteiger partial charge in [0, 0.05) is 25.5 Å². The van der Waals surface area contributed by atoms with Gasteiger partial charge >= 0.3 is 5.97 Å². The van der Waals surface area contributed by atoms with Crippen molar-refractivity contribution >= 4 is 23.0 Å². The number of rotatable bonds is 13. The van der Waals surface area contributed by atoms with Crippen molar-refractivity contribution in [2.45, 2.75) is 37.5 Å². The summed E-state index contributed by atoms with van der Waals surface area (Å²) in [7, 11) is 2.84. The van der Waals surface area contributed by atoms with Crippen LogP contribution in [0.3, 0.4) is 0 Å². The first-order chi connectivity index (χ1) is 21.6. The number of aliphatic hydroxyl groups excluding tert-OH is 2. The molecule has 12 heteroatoms. The topological polar surface area (TPSA) is 139 Å². The van der Waals surface area contributed by atoms with Gasteiger partial charge in [0.25, 0.3) is 0 Å². The second-order valence-electron chi connectivity index (χ2n) is 10.3. The molecule has 0 aliphatic heterocycles. The molecule has 1 heterocycles. The van der Waals surface area contributed by atoms with E-state index in [1.807, 2.05) is 30.3 Å². The molecule has 0 unspecified atom stereocenters. The largest absolute Gasteiger partial charge is 0.467 e. The quantitative estimate of drug-likeness (QED) is 0.153. The molecule has 45 heavy (non-hydrogen) atoms. The maximum Gasteiger partial charge on any atom is 0.328 e. The summed E-state index contributed by atoms with van der Waals surface area (Å²) in [5, 5.41) is 35.7. The first kappa shape index (κ1) is 32.8. The van der Waals surface area contributed by atoms with Gasteiger partial charge in [-0.25, -0.2) is 18.3 Å². The van der Waals surface area contributed by atoms with Gasteiger partial charge in [0.05, 0.1) is 25.7 Å². The Bertz CT molecular complexity index is 1590. The van der Waals surface area contributed by atoms with Crippen LogP contribution in [0, 0.1) is 11.6 Å². The zero-order chi connectivity index (χ0) is 32.3. The molecule has 0 aliphatic carbocycles. The molecule has 0 saturated heterocycles. The number of esters is 1. The van der Waals surface area contributed by atoms with Gasteiger partial charge in [-0.1, -0.05) is 66.7 Å². The lowest BCUT2D eigenvalue weighted by atomic mass is 9.91. The van der Waals surface area contributed by atoms with Crippen LogP contribution in [0.4, 0.5) is 8.78 Å². The van der Waals surface area contributed by atoms with Gasteiger partial charge in [0.1, 0.15) is 17.7 Å². The number of methoxy groups -OCH3 is 1. The highest BCUT2D eigenvalue weighted by molar-refractivity contribution is 6.00. The lowest BCUT2D eigenvalue weighted by molar-refractivity contribution is -0.145. The molecule has 3 N–H and O–H groups in total. The van der Waals surface area contributed by atoms with E-state index in [4.69, 9.17) is 4.74 Å². The molecule has 0 fully saturated rings. The van der Waals surface area contributed by atoms with Crippen molar-refractivity contribution in [2.24, 2.45) is 7.05 Å². The van der Waals surface area contributed by atoms with Crippen LogP contribution in [-0.2, 0) is 27.8 Å². The number of carbonyl (C=O) groups excluding carboxylic acids is 2. The van der Waals surface area contributed by atoms with Crippen molar-refractivity contribution in [3.63, 3.8) is 0 Å². The summed E-state index contributed by atoms with van der Waals surface area (Å²) in [6.07, 6.45) is 0.114. The molecule has 0 saturated carbocycles. The van der Waals surface area contributed by atoms with E-state index < -0.39 is 41.8 Å². The minimum Gasteiger partial charge on any atom is -0.467 e. The van der Waals surface area contributed by atoms with Crippen molar-refractivity contribution in [1.29, 1.82) is 0 Å². The number of benzene rings is 3. The summed E-state index contributed by atoms with van der Waals surface area (Å²) in [6, 6.07) is 19.5. The molecule has 0 aliphatic rings. The second-order valence-corrected chi connectivity index (χ2v) is 10.3. The Morgan fingerprint density at radius 2 is 1.56 bits per heavy atom. The maximum absolute atomic E-state index is 13.8. The number of amides is 1.